The molecule has 1 aliphatic rings. The van der Waals surface area contributed by atoms with Crippen molar-refractivity contribution in [2.75, 3.05) is 18.5 Å². The summed E-state index contributed by atoms with van der Waals surface area (Å²) in [4.78, 5) is 10.7. The zero-order valence-corrected chi connectivity index (χ0v) is 11.9. The highest BCUT2D eigenvalue weighted by molar-refractivity contribution is 5.87. The van der Waals surface area contributed by atoms with Gasteiger partial charge in [0.05, 0.1) is 6.10 Å². The standard InChI is InChI=1S/C15H23N3O2/c1-11(17-9-8-14-3-2-10-20-14)12-4-6-13(7-5-12)18-15(16)19/h4-7,11,14,17H,2-3,8-10H2,1H3,(H3,16,18,19). The van der Waals surface area contributed by atoms with E-state index in [9.17, 15) is 4.79 Å². The van der Waals surface area contributed by atoms with E-state index in [0.29, 0.717) is 11.8 Å². The quantitative estimate of drug-likeness (QED) is 0.747. The van der Waals surface area contributed by atoms with Gasteiger partial charge in [0.15, 0.2) is 0 Å². The van der Waals surface area contributed by atoms with Crippen LogP contribution in [0.25, 0.3) is 0 Å². The van der Waals surface area contributed by atoms with Crippen LogP contribution in [0, 0.1) is 0 Å². The molecule has 0 aromatic heterocycles. The molecule has 2 amide bonds. The first-order valence-electron chi connectivity index (χ1n) is 7.16. The lowest BCUT2D eigenvalue weighted by Gasteiger charge is -2.16. The van der Waals surface area contributed by atoms with Gasteiger partial charge >= 0.3 is 6.03 Å². The van der Waals surface area contributed by atoms with Gasteiger partial charge in [0, 0.05) is 18.3 Å². The van der Waals surface area contributed by atoms with Crippen LogP contribution in [-0.2, 0) is 4.74 Å². The lowest BCUT2D eigenvalue weighted by Crippen LogP contribution is -2.23. The molecule has 1 aromatic rings. The Labute approximate surface area is 119 Å². The Balaban J connectivity index is 1.76. The van der Waals surface area contributed by atoms with Crippen molar-refractivity contribution in [3.63, 3.8) is 0 Å². The van der Waals surface area contributed by atoms with Crippen LogP contribution < -0.4 is 16.4 Å². The third-order valence-electron chi connectivity index (χ3n) is 3.62. The number of urea groups is 1. The zero-order valence-electron chi connectivity index (χ0n) is 11.9. The molecule has 0 aliphatic carbocycles. The maximum atomic E-state index is 10.7. The van der Waals surface area contributed by atoms with E-state index < -0.39 is 6.03 Å². The summed E-state index contributed by atoms with van der Waals surface area (Å²) in [5.41, 5.74) is 6.98. The second-order valence-corrected chi connectivity index (χ2v) is 5.21. The molecule has 0 saturated carbocycles. The van der Waals surface area contributed by atoms with Crippen molar-refractivity contribution in [2.45, 2.75) is 38.3 Å². The molecule has 2 atom stereocenters. The molecule has 1 aromatic carbocycles. The van der Waals surface area contributed by atoms with Gasteiger partial charge in [-0.2, -0.15) is 0 Å². The van der Waals surface area contributed by atoms with Crippen LogP contribution in [0.15, 0.2) is 24.3 Å². The Morgan fingerprint density at radius 1 is 1.45 bits per heavy atom. The first-order chi connectivity index (χ1) is 9.65. The first kappa shape index (κ1) is 14.8. The molecule has 20 heavy (non-hydrogen) atoms. The smallest absolute Gasteiger partial charge is 0.316 e. The van der Waals surface area contributed by atoms with E-state index in [1.807, 2.05) is 24.3 Å². The molecule has 4 N–H and O–H groups in total. The lowest BCUT2D eigenvalue weighted by atomic mass is 10.1. The summed E-state index contributed by atoms with van der Waals surface area (Å²) in [5.74, 6) is 0. The van der Waals surface area contributed by atoms with Gasteiger partial charge in [0.2, 0.25) is 0 Å². The van der Waals surface area contributed by atoms with E-state index in [4.69, 9.17) is 10.5 Å². The van der Waals surface area contributed by atoms with E-state index in [2.05, 4.69) is 17.6 Å². The number of carbonyl (C=O) groups is 1. The van der Waals surface area contributed by atoms with Crippen molar-refractivity contribution >= 4 is 11.7 Å². The molecule has 0 bridgehead atoms. The zero-order chi connectivity index (χ0) is 14.4. The summed E-state index contributed by atoms with van der Waals surface area (Å²) in [6, 6.07) is 7.44. The second-order valence-electron chi connectivity index (χ2n) is 5.21. The van der Waals surface area contributed by atoms with Crippen molar-refractivity contribution < 1.29 is 9.53 Å². The third-order valence-corrected chi connectivity index (χ3v) is 3.62. The van der Waals surface area contributed by atoms with E-state index in [1.54, 1.807) is 0 Å². The predicted molar refractivity (Wildman–Crippen MR) is 79.7 cm³/mol. The molecule has 5 heteroatoms. The van der Waals surface area contributed by atoms with Gasteiger partial charge in [0.1, 0.15) is 0 Å². The van der Waals surface area contributed by atoms with Crippen LogP contribution >= 0.6 is 0 Å². The fourth-order valence-corrected chi connectivity index (χ4v) is 2.45. The minimum Gasteiger partial charge on any atom is -0.378 e. The average molecular weight is 277 g/mol. The summed E-state index contributed by atoms with van der Waals surface area (Å²) in [7, 11) is 0. The molecule has 1 fully saturated rings. The maximum Gasteiger partial charge on any atom is 0.316 e. The number of nitrogens with two attached hydrogens (primary N) is 1. The van der Waals surface area contributed by atoms with Crippen LogP contribution in [-0.4, -0.2) is 25.3 Å². The summed E-state index contributed by atoms with van der Waals surface area (Å²) >= 11 is 0. The number of carbonyl (C=O) groups excluding carboxylic acids is 1. The Kier molecular flexibility index (Phi) is 5.38. The summed E-state index contributed by atoms with van der Waals surface area (Å²) in [6.45, 7) is 3.99. The number of hydrogen-bond donors (Lipinski definition) is 3. The molecule has 5 nitrogen and oxygen atoms in total. The highest BCUT2D eigenvalue weighted by atomic mass is 16.5. The van der Waals surface area contributed by atoms with Crippen LogP contribution in [0.5, 0.6) is 0 Å². The van der Waals surface area contributed by atoms with Gasteiger partial charge < -0.3 is 21.1 Å². The third kappa shape index (κ3) is 4.51. The molecular weight excluding hydrogens is 254 g/mol. The number of benzene rings is 1. The molecule has 1 heterocycles. The van der Waals surface area contributed by atoms with Crippen molar-refractivity contribution in [3.05, 3.63) is 29.8 Å². The SMILES string of the molecule is CC(NCCC1CCCO1)c1ccc(NC(N)=O)cc1. The van der Waals surface area contributed by atoms with Crippen LogP contribution in [0.2, 0.25) is 0 Å². The van der Waals surface area contributed by atoms with Crippen molar-refractivity contribution in [3.8, 4) is 0 Å². The van der Waals surface area contributed by atoms with Crippen LogP contribution in [0.3, 0.4) is 0 Å². The van der Waals surface area contributed by atoms with Gasteiger partial charge in [0.25, 0.3) is 0 Å². The van der Waals surface area contributed by atoms with Crippen molar-refractivity contribution in [1.82, 2.24) is 5.32 Å². The molecule has 2 rings (SSSR count). The van der Waals surface area contributed by atoms with Crippen LogP contribution in [0.1, 0.15) is 37.8 Å². The molecular formula is C15H23N3O2. The minimum absolute atomic E-state index is 0.277. The lowest BCUT2D eigenvalue weighted by molar-refractivity contribution is 0.103. The highest BCUT2D eigenvalue weighted by Gasteiger charge is 2.15. The monoisotopic (exact) mass is 277 g/mol. The predicted octanol–water partition coefficient (Wildman–Crippen LogP) is 2.40. The Morgan fingerprint density at radius 2 is 2.20 bits per heavy atom. The highest BCUT2D eigenvalue weighted by Crippen LogP contribution is 2.18. The summed E-state index contributed by atoms with van der Waals surface area (Å²) in [6.07, 6.45) is 3.86. The number of rotatable bonds is 6. The van der Waals surface area contributed by atoms with Gasteiger partial charge in [-0.25, -0.2) is 4.79 Å². The van der Waals surface area contributed by atoms with Gasteiger partial charge in [-0.05, 0) is 50.4 Å². The molecule has 110 valence electrons. The van der Waals surface area contributed by atoms with Gasteiger partial charge in [-0.1, -0.05) is 12.1 Å². The molecule has 1 saturated heterocycles. The minimum atomic E-state index is -0.541. The van der Waals surface area contributed by atoms with E-state index in [-0.39, 0.29) is 6.04 Å². The summed E-state index contributed by atoms with van der Waals surface area (Å²) in [5, 5.41) is 6.05. The fraction of sp³-hybridized carbons (Fsp3) is 0.533. The molecule has 0 spiro atoms. The Morgan fingerprint density at radius 3 is 2.80 bits per heavy atom. The van der Waals surface area contributed by atoms with Gasteiger partial charge in [-0.3, -0.25) is 0 Å². The number of anilines is 1. The maximum absolute atomic E-state index is 10.7. The first-order valence-corrected chi connectivity index (χ1v) is 7.16. The summed E-state index contributed by atoms with van der Waals surface area (Å²) < 4.78 is 5.60. The topological polar surface area (TPSA) is 76.4 Å². The number of primary amides is 1. The molecule has 0 radical (unpaired) electrons. The average Bonchev–Trinajstić information content (AvgIpc) is 2.92. The number of nitrogens with one attached hydrogen (secondary N) is 2. The number of amides is 2. The molecule has 1 aliphatic heterocycles. The van der Waals surface area contributed by atoms with Crippen LogP contribution in [0.4, 0.5) is 10.5 Å². The Bertz CT molecular complexity index is 427. The fourth-order valence-electron chi connectivity index (χ4n) is 2.45. The number of ether oxygens (including phenoxy) is 1. The number of hydrogen-bond acceptors (Lipinski definition) is 3. The molecule has 2 unspecified atom stereocenters. The van der Waals surface area contributed by atoms with Crippen molar-refractivity contribution in [1.29, 1.82) is 0 Å². The normalized spacial score (nSPS) is 19.8. The second kappa shape index (κ2) is 7.26. The van der Waals surface area contributed by atoms with Crippen molar-refractivity contribution in [2.24, 2.45) is 5.73 Å². The van der Waals surface area contributed by atoms with E-state index in [1.165, 1.54) is 18.4 Å². The Hall–Kier alpha value is -1.59. The van der Waals surface area contributed by atoms with Gasteiger partial charge in [-0.15, -0.1) is 0 Å². The largest absolute Gasteiger partial charge is 0.378 e. The van der Waals surface area contributed by atoms with E-state index in [0.717, 1.165) is 19.6 Å². The van der Waals surface area contributed by atoms with E-state index >= 15 is 0 Å².